The lowest BCUT2D eigenvalue weighted by Gasteiger charge is -2.37. The van der Waals surface area contributed by atoms with Crippen LogP contribution in [-0.4, -0.2) is 35.9 Å². The minimum atomic E-state index is -3.58. The summed E-state index contributed by atoms with van der Waals surface area (Å²) in [4.78, 5) is 10.9. The number of rotatable bonds is 3. The molecule has 0 radical (unpaired) electrons. The molecule has 2 atom stereocenters. The molecule has 0 saturated carbocycles. The second kappa shape index (κ2) is 5.22. The Balaban J connectivity index is 2.37. The third-order valence-corrected chi connectivity index (χ3v) is 7.11. The van der Waals surface area contributed by atoms with Gasteiger partial charge < -0.3 is 5.11 Å². The third-order valence-electron chi connectivity index (χ3n) is 3.44. The molecule has 1 fully saturated rings. The van der Waals surface area contributed by atoms with E-state index in [1.807, 2.05) is 13.8 Å². The molecule has 2 heterocycles. The Morgan fingerprint density at radius 3 is 2.37 bits per heavy atom. The van der Waals surface area contributed by atoms with Gasteiger partial charge in [0.05, 0.1) is 0 Å². The zero-order chi connectivity index (χ0) is 14.2. The van der Waals surface area contributed by atoms with Gasteiger partial charge in [0.1, 0.15) is 9.09 Å². The van der Waals surface area contributed by atoms with E-state index >= 15 is 0 Å². The molecule has 5 nitrogen and oxygen atoms in total. The first-order valence-corrected chi connectivity index (χ1v) is 8.46. The zero-order valence-corrected chi connectivity index (χ0v) is 12.5. The Bertz CT molecular complexity index is 568. The van der Waals surface area contributed by atoms with E-state index in [9.17, 15) is 13.2 Å². The van der Waals surface area contributed by atoms with Crippen molar-refractivity contribution in [2.75, 3.05) is 0 Å². The quantitative estimate of drug-likeness (QED) is 0.930. The van der Waals surface area contributed by atoms with Gasteiger partial charge in [-0.05, 0) is 38.8 Å². The van der Waals surface area contributed by atoms with E-state index in [-0.39, 0.29) is 21.2 Å². The van der Waals surface area contributed by atoms with Gasteiger partial charge >= 0.3 is 5.97 Å². The SMILES string of the molecule is C[C@@H]1CCC[C@H](C)N1S(=O)(=O)c1ccc(C(=O)O)s1. The van der Waals surface area contributed by atoms with Crippen molar-refractivity contribution in [3.8, 4) is 0 Å². The van der Waals surface area contributed by atoms with Gasteiger partial charge in [0.25, 0.3) is 10.0 Å². The standard InChI is InChI=1S/C12H17NO4S2/c1-8-4-3-5-9(2)13(8)19(16,17)11-7-6-10(18-11)12(14)15/h6-9H,3-5H2,1-2H3,(H,14,15)/t8-,9+. The fraction of sp³-hybridized carbons (Fsp3) is 0.583. The summed E-state index contributed by atoms with van der Waals surface area (Å²) >= 11 is 0.816. The molecule has 106 valence electrons. The Labute approximate surface area is 116 Å². The van der Waals surface area contributed by atoms with Crippen LogP contribution in [-0.2, 0) is 10.0 Å². The van der Waals surface area contributed by atoms with Crippen LogP contribution in [0.2, 0.25) is 0 Å². The van der Waals surface area contributed by atoms with Crippen LogP contribution in [0.4, 0.5) is 0 Å². The molecule has 1 saturated heterocycles. The topological polar surface area (TPSA) is 74.7 Å². The highest BCUT2D eigenvalue weighted by Gasteiger charge is 2.36. The molecule has 1 N–H and O–H groups in total. The molecule has 1 aliphatic heterocycles. The number of carbonyl (C=O) groups is 1. The van der Waals surface area contributed by atoms with Crippen molar-refractivity contribution in [3.63, 3.8) is 0 Å². The fourth-order valence-corrected chi connectivity index (χ4v) is 5.68. The lowest BCUT2D eigenvalue weighted by molar-refractivity contribution is 0.0702. The van der Waals surface area contributed by atoms with Crippen LogP contribution in [0.25, 0.3) is 0 Å². The molecular formula is C12H17NO4S2. The lowest BCUT2D eigenvalue weighted by Crippen LogP contribution is -2.47. The van der Waals surface area contributed by atoms with Crippen molar-refractivity contribution in [2.24, 2.45) is 0 Å². The van der Waals surface area contributed by atoms with Gasteiger partial charge in [0.15, 0.2) is 0 Å². The summed E-state index contributed by atoms with van der Waals surface area (Å²) in [5.74, 6) is -1.09. The molecule has 19 heavy (non-hydrogen) atoms. The fourth-order valence-electron chi connectivity index (χ4n) is 2.55. The van der Waals surface area contributed by atoms with Gasteiger partial charge in [0.2, 0.25) is 0 Å². The van der Waals surface area contributed by atoms with Crippen molar-refractivity contribution >= 4 is 27.3 Å². The molecular weight excluding hydrogens is 286 g/mol. The minimum absolute atomic E-state index is 0.0378. The molecule has 0 bridgehead atoms. The van der Waals surface area contributed by atoms with Crippen molar-refractivity contribution in [2.45, 2.75) is 49.4 Å². The highest BCUT2D eigenvalue weighted by atomic mass is 32.2. The Morgan fingerprint density at radius 1 is 1.32 bits per heavy atom. The van der Waals surface area contributed by atoms with Crippen molar-refractivity contribution in [1.82, 2.24) is 4.31 Å². The number of carboxylic acid groups (broad SMARTS) is 1. The van der Waals surface area contributed by atoms with Crippen LogP contribution in [0.1, 0.15) is 42.8 Å². The summed E-state index contributed by atoms with van der Waals surface area (Å²) < 4.78 is 26.8. The first kappa shape index (κ1) is 14.5. The van der Waals surface area contributed by atoms with Crippen LogP contribution in [0, 0.1) is 0 Å². The lowest BCUT2D eigenvalue weighted by atomic mass is 10.0. The van der Waals surface area contributed by atoms with Crippen LogP contribution >= 0.6 is 11.3 Å². The van der Waals surface area contributed by atoms with Crippen molar-refractivity contribution < 1.29 is 18.3 Å². The van der Waals surface area contributed by atoms with Crippen molar-refractivity contribution in [1.29, 1.82) is 0 Å². The molecule has 0 aromatic carbocycles. The summed E-state index contributed by atoms with van der Waals surface area (Å²) in [6, 6.07) is 2.66. The maximum absolute atomic E-state index is 12.6. The molecule has 0 spiro atoms. The number of sulfonamides is 1. The van der Waals surface area contributed by atoms with Gasteiger partial charge in [-0.25, -0.2) is 13.2 Å². The Hall–Kier alpha value is -0.920. The monoisotopic (exact) mass is 303 g/mol. The van der Waals surface area contributed by atoms with E-state index in [0.717, 1.165) is 30.6 Å². The van der Waals surface area contributed by atoms with Gasteiger partial charge in [0, 0.05) is 12.1 Å². The molecule has 2 rings (SSSR count). The molecule has 7 heteroatoms. The number of thiophene rings is 1. The predicted octanol–water partition coefficient (Wildman–Crippen LogP) is 2.40. The van der Waals surface area contributed by atoms with E-state index in [2.05, 4.69) is 0 Å². The first-order chi connectivity index (χ1) is 8.84. The highest BCUT2D eigenvalue weighted by molar-refractivity contribution is 7.91. The third kappa shape index (κ3) is 2.68. The smallest absolute Gasteiger partial charge is 0.345 e. The summed E-state index contributed by atoms with van der Waals surface area (Å²) in [7, 11) is -3.58. The molecule has 1 aromatic rings. The van der Waals surface area contributed by atoms with Crippen LogP contribution in [0.15, 0.2) is 16.3 Å². The second-order valence-corrected chi connectivity index (χ2v) is 8.04. The first-order valence-electron chi connectivity index (χ1n) is 6.20. The number of aromatic carboxylic acids is 1. The van der Waals surface area contributed by atoms with Crippen LogP contribution in [0.5, 0.6) is 0 Å². The molecule has 0 aliphatic carbocycles. The molecule has 0 unspecified atom stereocenters. The predicted molar refractivity (Wildman–Crippen MR) is 73.1 cm³/mol. The average Bonchev–Trinajstić information content (AvgIpc) is 2.78. The van der Waals surface area contributed by atoms with E-state index in [1.165, 1.54) is 16.4 Å². The van der Waals surface area contributed by atoms with Crippen molar-refractivity contribution in [3.05, 3.63) is 17.0 Å². The number of nitrogens with zero attached hydrogens (tertiary/aromatic N) is 1. The summed E-state index contributed by atoms with van der Waals surface area (Å²) in [5.41, 5.74) is 0. The minimum Gasteiger partial charge on any atom is -0.477 e. The normalized spacial score (nSPS) is 25.4. The Kier molecular flexibility index (Phi) is 3.98. The van der Waals surface area contributed by atoms with Gasteiger partial charge in [-0.1, -0.05) is 6.42 Å². The summed E-state index contributed by atoms with van der Waals surface area (Å²) in [6.45, 7) is 3.80. The zero-order valence-electron chi connectivity index (χ0n) is 10.9. The van der Waals surface area contributed by atoms with Gasteiger partial charge in [-0.15, -0.1) is 11.3 Å². The second-order valence-electron chi connectivity index (χ2n) is 4.89. The van der Waals surface area contributed by atoms with Gasteiger partial charge in [-0.2, -0.15) is 4.31 Å². The maximum atomic E-state index is 12.6. The molecule has 1 aliphatic rings. The molecule has 1 aromatic heterocycles. The summed E-state index contributed by atoms with van der Waals surface area (Å²) in [5, 5.41) is 8.88. The number of hydrogen-bond acceptors (Lipinski definition) is 4. The van der Waals surface area contributed by atoms with E-state index < -0.39 is 16.0 Å². The van der Waals surface area contributed by atoms with Crippen LogP contribution < -0.4 is 0 Å². The van der Waals surface area contributed by atoms with E-state index in [1.54, 1.807) is 0 Å². The average molecular weight is 303 g/mol. The number of carboxylic acids is 1. The maximum Gasteiger partial charge on any atom is 0.345 e. The number of hydrogen-bond donors (Lipinski definition) is 1. The number of piperidine rings is 1. The summed E-state index contributed by atoms with van der Waals surface area (Å²) in [6.07, 6.45) is 2.72. The van der Waals surface area contributed by atoms with Crippen LogP contribution in [0.3, 0.4) is 0 Å². The van der Waals surface area contributed by atoms with E-state index in [0.29, 0.717) is 0 Å². The Morgan fingerprint density at radius 2 is 1.89 bits per heavy atom. The largest absolute Gasteiger partial charge is 0.477 e. The van der Waals surface area contributed by atoms with E-state index in [4.69, 9.17) is 5.11 Å². The molecule has 0 amide bonds. The highest BCUT2D eigenvalue weighted by Crippen LogP contribution is 2.32. The van der Waals surface area contributed by atoms with Gasteiger partial charge in [-0.3, -0.25) is 0 Å².